The number of anilines is 1. The molecule has 1 amide bonds. The number of aryl methyl sites for hydroxylation is 2. The second kappa shape index (κ2) is 5.96. The molecule has 1 aromatic heterocycles. The van der Waals surface area contributed by atoms with Gasteiger partial charge in [0.15, 0.2) is 5.82 Å². The lowest BCUT2D eigenvalue weighted by Crippen LogP contribution is -2.15. The van der Waals surface area contributed by atoms with Gasteiger partial charge in [-0.15, -0.1) is 0 Å². The molecular formula is C14H16ClN3O2. The fourth-order valence-electron chi connectivity index (χ4n) is 1.82. The quantitative estimate of drug-likeness (QED) is 0.942. The standard InChI is InChI=1S/C14H16ClN3O2/c1-9-4-5-10(6-11(9)15)7-13(19)16-12-8-14(20-3)18(2)17-12/h4-6,8H,7H2,1-3H3,(H,16,17,19). The molecule has 0 radical (unpaired) electrons. The third kappa shape index (κ3) is 3.30. The zero-order chi connectivity index (χ0) is 14.7. The summed E-state index contributed by atoms with van der Waals surface area (Å²) in [5.41, 5.74) is 1.85. The van der Waals surface area contributed by atoms with E-state index in [1.807, 2.05) is 19.1 Å². The maximum Gasteiger partial charge on any atom is 0.229 e. The second-order valence-electron chi connectivity index (χ2n) is 4.50. The zero-order valence-electron chi connectivity index (χ0n) is 11.6. The van der Waals surface area contributed by atoms with Crippen LogP contribution < -0.4 is 10.1 Å². The minimum absolute atomic E-state index is 0.148. The van der Waals surface area contributed by atoms with E-state index in [9.17, 15) is 4.79 Å². The maximum absolute atomic E-state index is 11.9. The Hall–Kier alpha value is -2.01. The molecule has 20 heavy (non-hydrogen) atoms. The molecule has 2 aromatic rings. The summed E-state index contributed by atoms with van der Waals surface area (Å²) in [6, 6.07) is 7.25. The zero-order valence-corrected chi connectivity index (χ0v) is 12.4. The number of aromatic nitrogens is 2. The van der Waals surface area contributed by atoms with Crippen LogP contribution in [0.25, 0.3) is 0 Å². The molecule has 1 N–H and O–H groups in total. The van der Waals surface area contributed by atoms with Crippen LogP contribution in [0.4, 0.5) is 5.82 Å². The summed E-state index contributed by atoms with van der Waals surface area (Å²) in [4.78, 5) is 11.9. The monoisotopic (exact) mass is 293 g/mol. The van der Waals surface area contributed by atoms with E-state index in [1.165, 1.54) is 0 Å². The van der Waals surface area contributed by atoms with Gasteiger partial charge in [0.05, 0.1) is 13.5 Å². The van der Waals surface area contributed by atoms with Crippen molar-refractivity contribution >= 4 is 23.3 Å². The summed E-state index contributed by atoms with van der Waals surface area (Å²) in [6.45, 7) is 1.92. The Kier molecular flexibility index (Phi) is 4.29. The molecule has 0 aliphatic rings. The van der Waals surface area contributed by atoms with Crippen LogP contribution in [0, 0.1) is 6.92 Å². The van der Waals surface area contributed by atoms with E-state index < -0.39 is 0 Å². The topological polar surface area (TPSA) is 56.1 Å². The van der Waals surface area contributed by atoms with E-state index in [-0.39, 0.29) is 12.3 Å². The van der Waals surface area contributed by atoms with Crippen LogP contribution in [0.5, 0.6) is 5.88 Å². The van der Waals surface area contributed by atoms with Gasteiger partial charge in [0.25, 0.3) is 0 Å². The fourth-order valence-corrected chi connectivity index (χ4v) is 2.02. The third-order valence-electron chi connectivity index (χ3n) is 2.91. The first kappa shape index (κ1) is 14.4. The molecule has 6 heteroatoms. The van der Waals surface area contributed by atoms with Crippen LogP contribution in [0.1, 0.15) is 11.1 Å². The van der Waals surface area contributed by atoms with Gasteiger partial charge >= 0.3 is 0 Å². The number of hydrogen-bond donors (Lipinski definition) is 1. The van der Waals surface area contributed by atoms with Crippen molar-refractivity contribution in [1.82, 2.24) is 9.78 Å². The number of nitrogens with zero attached hydrogens (tertiary/aromatic N) is 2. The van der Waals surface area contributed by atoms with Gasteiger partial charge in [-0.3, -0.25) is 4.79 Å². The first-order chi connectivity index (χ1) is 9.49. The molecule has 0 aliphatic heterocycles. The van der Waals surface area contributed by atoms with Crippen LogP contribution >= 0.6 is 11.6 Å². The number of benzene rings is 1. The van der Waals surface area contributed by atoms with Crippen molar-refractivity contribution in [2.75, 3.05) is 12.4 Å². The molecule has 0 atom stereocenters. The van der Waals surface area contributed by atoms with Crippen molar-refractivity contribution in [1.29, 1.82) is 0 Å². The maximum atomic E-state index is 11.9. The van der Waals surface area contributed by atoms with Crippen molar-refractivity contribution < 1.29 is 9.53 Å². The van der Waals surface area contributed by atoms with E-state index >= 15 is 0 Å². The summed E-state index contributed by atoms with van der Waals surface area (Å²) in [5.74, 6) is 0.900. The van der Waals surface area contributed by atoms with Crippen LogP contribution in [-0.2, 0) is 18.3 Å². The molecule has 0 saturated heterocycles. The number of methoxy groups -OCH3 is 1. The largest absolute Gasteiger partial charge is 0.481 e. The molecule has 2 rings (SSSR count). The molecule has 0 saturated carbocycles. The van der Waals surface area contributed by atoms with Gasteiger partial charge in [-0.1, -0.05) is 23.7 Å². The minimum atomic E-state index is -0.148. The summed E-state index contributed by atoms with van der Waals surface area (Å²) >= 11 is 6.04. The van der Waals surface area contributed by atoms with Crippen LogP contribution in [0.2, 0.25) is 5.02 Å². The minimum Gasteiger partial charge on any atom is -0.481 e. The van der Waals surface area contributed by atoms with E-state index in [0.29, 0.717) is 16.7 Å². The fraction of sp³-hybridized carbons (Fsp3) is 0.286. The molecule has 0 spiro atoms. The van der Waals surface area contributed by atoms with Gasteiger partial charge < -0.3 is 10.1 Å². The summed E-state index contributed by atoms with van der Waals surface area (Å²) in [6.07, 6.45) is 0.249. The predicted molar refractivity (Wildman–Crippen MR) is 78.3 cm³/mol. The van der Waals surface area contributed by atoms with Crippen molar-refractivity contribution in [3.8, 4) is 5.88 Å². The summed E-state index contributed by atoms with van der Waals surface area (Å²) in [7, 11) is 3.30. The van der Waals surface area contributed by atoms with E-state index in [1.54, 1.807) is 31.0 Å². The predicted octanol–water partition coefficient (Wildman–Crippen LogP) is 2.57. The van der Waals surface area contributed by atoms with Gasteiger partial charge in [-0.05, 0) is 24.1 Å². The lowest BCUT2D eigenvalue weighted by Gasteiger charge is -2.04. The number of carbonyl (C=O) groups is 1. The van der Waals surface area contributed by atoms with Crippen molar-refractivity contribution in [2.24, 2.45) is 7.05 Å². The Morgan fingerprint density at radius 1 is 1.45 bits per heavy atom. The normalized spacial score (nSPS) is 10.4. The van der Waals surface area contributed by atoms with Gasteiger partial charge in [0.1, 0.15) is 0 Å². The number of hydrogen-bond acceptors (Lipinski definition) is 3. The molecule has 0 aliphatic carbocycles. The van der Waals surface area contributed by atoms with E-state index in [0.717, 1.165) is 11.1 Å². The van der Waals surface area contributed by atoms with Crippen molar-refractivity contribution in [2.45, 2.75) is 13.3 Å². The number of halogens is 1. The van der Waals surface area contributed by atoms with Gasteiger partial charge in [-0.25, -0.2) is 4.68 Å². The number of ether oxygens (including phenoxy) is 1. The molecule has 0 fully saturated rings. The van der Waals surface area contributed by atoms with Gasteiger partial charge in [-0.2, -0.15) is 5.10 Å². The Labute approximate surface area is 122 Å². The van der Waals surface area contributed by atoms with E-state index in [2.05, 4.69) is 10.4 Å². The highest BCUT2D eigenvalue weighted by molar-refractivity contribution is 6.31. The average molecular weight is 294 g/mol. The third-order valence-corrected chi connectivity index (χ3v) is 3.32. The number of nitrogens with one attached hydrogen (secondary N) is 1. The van der Waals surface area contributed by atoms with Crippen molar-refractivity contribution in [3.05, 3.63) is 40.4 Å². The van der Waals surface area contributed by atoms with Crippen LogP contribution in [0.3, 0.4) is 0 Å². The van der Waals surface area contributed by atoms with E-state index in [4.69, 9.17) is 16.3 Å². The number of amides is 1. The van der Waals surface area contributed by atoms with Crippen molar-refractivity contribution in [3.63, 3.8) is 0 Å². The van der Waals surface area contributed by atoms with Gasteiger partial charge in [0.2, 0.25) is 11.8 Å². The number of carbonyl (C=O) groups excluding carboxylic acids is 1. The lowest BCUT2D eigenvalue weighted by atomic mass is 10.1. The summed E-state index contributed by atoms with van der Waals surface area (Å²) < 4.78 is 6.64. The smallest absolute Gasteiger partial charge is 0.229 e. The molecule has 106 valence electrons. The SMILES string of the molecule is COc1cc(NC(=O)Cc2ccc(C)c(Cl)c2)nn1C. The molecule has 0 unspecified atom stereocenters. The van der Waals surface area contributed by atoms with Crippen LogP contribution in [0.15, 0.2) is 24.3 Å². The highest BCUT2D eigenvalue weighted by Crippen LogP contribution is 2.18. The first-order valence-electron chi connectivity index (χ1n) is 6.12. The van der Waals surface area contributed by atoms with Crippen LogP contribution in [-0.4, -0.2) is 22.8 Å². The molecule has 1 aromatic carbocycles. The second-order valence-corrected chi connectivity index (χ2v) is 4.91. The summed E-state index contributed by atoms with van der Waals surface area (Å²) in [5, 5.41) is 7.52. The molecule has 0 bridgehead atoms. The Morgan fingerprint density at radius 2 is 2.20 bits per heavy atom. The molecular weight excluding hydrogens is 278 g/mol. The lowest BCUT2D eigenvalue weighted by molar-refractivity contribution is -0.115. The van der Waals surface area contributed by atoms with Gasteiger partial charge in [0, 0.05) is 18.1 Å². The number of rotatable bonds is 4. The highest BCUT2D eigenvalue weighted by Gasteiger charge is 2.10. The Bertz CT molecular complexity index is 637. The Morgan fingerprint density at radius 3 is 2.80 bits per heavy atom. The average Bonchev–Trinajstić information content (AvgIpc) is 2.73. The molecule has 5 nitrogen and oxygen atoms in total. The highest BCUT2D eigenvalue weighted by atomic mass is 35.5. The first-order valence-corrected chi connectivity index (χ1v) is 6.50. The Balaban J connectivity index is 2.02. The molecule has 1 heterocycles.